The molecule has 0 amide bonds. The zero-order valence-electron chi connectivity index (χ0n) is 8.94. The number of nitrogens with zero attached hydrogens (tertiary/aromatic N) is 3. The zero-order chi connectivity index (χ0) is 12.7. The molecule has 2 heterocycles. The lowest BCUT2D eigenvalue weighted by molar-refractivity contribution is 0.891. The highest BCUT2D eigenvalue weighted by Crippen LogP contribution is 2.25. The predicted molar refractivity (Wildman–Crippen MR) is 76.6 cm³/mol. The fraction of sp³-hybridized carbons (Fsp3) is 0. The van der Waals surface area contributed by atoms with E-state index >= 15 is 0 Å². The van der Waals surface area contributed by atoms with Crippen LogP contribution in [0.5, 0.6) is 0 Å². The minimum atomic E-state index is 0.539. The second kappa shape index (κ2) is 4.53. The van der Waals surface area contributed by atoms with Crippen LogP contribution in [-0.4, -0.2) is 14.8 Å². The van der Waals surface area contributed by atoms with Crippen molar-refractivity contribution in [2.45, 2.75) is 0 Å². The van der Waals surface area contributed by atoms with Crippen molar-refractivity contribution < 1.29 is 0 Å². The van der Waals surface area contributed by atoms with Gasteiger partial charge >= 0.3 is 0 Å². The lowest BCUT2D eigenvalue weighted by atomic mass is 10.3. The summed E-state index contributed by atoms with van der Waals surface area (Å²) in [7, 11) is 0. The summed E-state index contributed by atoms with van der Waals surface area (Å²) in [6, 6.07) is 7.37. The molecule has 18 heavy (non-hydrogen) atoms. The Labute approximate surface area is 121 Å². The molecular weight excluding hydrogens is 337 g/mol. The van der Waals surface area contributed by atoms with Crippen LogP contribution in [0.1, 0.15) is 0 Å². The highest BCUT2D eigenvalue weighted by atomic mass is 79.9. The average Bonchev–Trinajstić information content (AvgIpc) is 2.74. The summed E-state index contributed by atoms with van der Waals surface area (Å²) in [5.74, 6) is 0. The molecular formula is C12H6BrCl2N3. The fourth-order valence-corrected chi connectivity index (χ4v) is 2.39. The number of hydrogen-bond acceptors (Lipinski definition) is 2. The van der Waals surface area contributed by atoms with Crippen LogP contribution in [0.3, 0.4) is 0 Å². The van der Waals surface area contributed by atoms with E-state index in [0.717, 1.165) is 16.6 Å². The Morgan fingerprint density at radius 3 is 2.83 bits per heavy atom. The average molecular weight is 343 g/mol. The van der Waals surface area contributed by atoms with Gasteiger partial charge in [-0.15, -0.1) is 0 Å². The van der Waals surface area contributed by atoms with E-state index in [1.807, 2.05) is 30.5 Å². The van der Waals surface area contributed by atoms with Gasteiger partial charge in [-0.2, -0.15) is 5.10 Å². The highest BCUT2D eigenvalue weighted by molar-refractivity contribution is 9.10. The highest BCUT2D eigenvalue weighted by Gasteiger charge is 2.08. The number of pyridine rings is 1. The van der Waals surface area contributed by atoms with Gasteiger partial charge in [-0.1, -0.05) is 23.2 Å². The Bertz CT molecular complexity index is 739. The Morgan fingerprint density at radius 2 is 2.00 bits per heavy atom. The molecule has 0 N–H and O–H groups in total. The molecule has 0 fully saturated rings. The lowest BCUT2D eigenvalue weighted by Gasteiger charge is -2.03. The van der Waals surface area contributed by atoms with Crippen LogP contribution < -0.4 is 0 Å². The van der Waals surface area contributed by atoms with E-state index in [1.54, 1.807) is 10.9 Å². The lowest BCUT2D eigenvalue weighted by Crippen LogP contribution is -1.96. The molecule has 0 saturated carbocycles. The molecule has 0 aliphatic heterocycles. The second-order valence-corrected chi connectivity index (χ2v) is 5.39. The number of fused-ring (bicyclic) bond motifs is 1. The Kier molecular flexibility index (Phi) is 3.01. The van der Waals surface area contributed by atoms with Gasteiger partial charge in [0.1, 0.15) is 4.60 Å². The van der Waals surface area contributed by atoms with Crippen LogP contribution in [0, 0.1) is 0 Å². The molecule has 90 valence electrons. The van der Waals surface area contributed by atoms with E-state index in [9.17, 15) is 0 Å². The third-order valence-corrected chi connectivity index (χ3v) is 3.47. The van der Waals surface area contributed by atoms with Crippen molar-refractivity contribution in [1.29, 1.82) is 0 Å². The maximum atomic E-state index is 6.12. The van der Waals surface area contributed by atoms with Gasteiger partial charge in [0.25, 0.3) is 0 Å². The second-order valence-electron chi connectivity index (χ2n) is 3.74. The molecule has 0 radical (unpaired) electrons. The van der Waals surface area contributed by atoms with Gasteiger partial charge in [-0.05, 0) is 40.2 Å². The number of halogens is 3. The van der Waals surface area contributed by atoms with Crippen molar-refractivity contribution >= 4 is 50.0 Å². The van der Waals surface area contributed by atoms with E-state index in [4.69, 9.17) is 23.2 Å². The topological polar surface area (TPSA) is 30.7 Å². The van der Waals surface area contributed by atoms with E-state index in [2.05, 4.69) is 26.0 Å². The first-order valence-electron chi connectivity index (χ1n) is 5.10. The quantitative estimate of drug-likeness (QED) is 0.610. The fourth-order valence-electron chi connectivity index (χ4n) is 1.70. The summed E-state index contributed by atoms with van der Waals surface area (Å²) in [4.78, 5) is 4.06. The summed E-state index contributed by atoms with van der Waals surface area (Å²) >= 11 is 15.4. The van der Waals surface area contributed by atoms with Crippen molar-refractivity contribution in [3.05, 3.63) is 51.3 Å². The van der Waals surface area contributed by atoms with Crippen LogP contribution in [0.2, 0.25) is 10.0 Å². The van der Waals surface area contributed by atoms with E-state index in [-0.39, 0.29) is 0 Å². The van der Waals surface area contributed by atoms with E-state index in [0.29, 0.717) is 14.6 Å². The number of benzene rings is 1. The third-order valence-electron chi connectivity index (χ3n) is 2.51. The maximum Gasteiger partial charge on any atom is 0.108 e. The SMILES string of the molecule is Clc1ccc2nn(-c3cc(Br)ncc3Cl)cc2c1. The molecule has 3 aromatic rings. The van der Waals surface area contributed by atoms with Gasteiger partial charge in [0, 0.05) is 22.8 Å². The molecule has 3 nitrogen and oxygen atoms in total. The maximum absolute atomic E-state index is 6.12. The Balaban J connectivity index is 2.22. The van der Waals surface area contributed by atoms with Gasteiger partial charge < -0.3 is 0 Å². The van der Waals surface area contributed by atoms with Crippen molar-refractivity contribution in [3.63, 3.8) is 0 Å². The number of aromatic nitrogens is 3. The molecule has 2 aromatic heterocycles. The summed E-state index contributed by atoms with van der Waals surface area (Å²) in [6.07, 6.45) is 3.47. The summed E-state index contributed by atoms with van der Waals surface area (Å²) in [6.45, 7) is 0. The van der Waals surface area contributed by atoms with Gasteiger partial charge in [0.15, 0.2) is 0 Å². The minimum absolute atomic E-state index is 0.539. The van der Waals surface area contributed by atoms with Crippen molar-refractivity contribution in [2.75, 3.05) is 0 Å². The van der Waals surface area contributed by atoms with E-state index < -0.39 is 0 Å². The molecule has 0 aliphatic rings. The van der Waals surface area contributed by atoms with Crippen LogP contribution in [0.15, 0.2) is 41.3 Å². The first kappa shape index (κ1) is 12.0. The first-order valence-corrected chi connectivity index (χ1v) is 6.65. The third kappa shape index (κ3) is 2.11. The molecule has 0 aliphatic carbocycles. The van der Waals surface area contributed by atoms with Crippen molar-refractivity contribution in [1.82, 2.24) is 14.8 Å². The molecule has 1 aromatic carbocycles. The standard InChI is InChI=1S/C12H6BrCl2N3/c13-12-4-11(9(15)5-16-12)18-6-7-3-8(14)1-2-10(7)17-18/h1-6H. The van der Waals surface area contributed by atoms with Crippen LogP contribution in [0.4, 0.5) is 0 Å². The number of hydrogen-bond donors (Lipinski definition) is 0. The molecule has 0 saturated heterocycles. The van der Waals surface area contributed by atoms with Crippen LogP contribution >= 0.6 is 39.1 Å². The molecule has 0 bridgehead atoms. The van der Waals surface area contributed by atoms with E-state index in [1.165, 1.54) is 0 Å². The smallest absolute Gasteiger partial charge is 0.108 e. The van der Waals surface area contributed by atoms with Gasteiger partial charge in [0.05, 0.1) is 16.2 Å². The monoisotopic (exact) mass is 341 g/mol. The summed E-state index contributed by atoms with van der Waals surface area (Å²) in [5.41, 5.74) is 1.63. The van der Waals surface area contributed by atoms with Gasteiger partial charge in [0.2, 0.25) is 0 Å². The summed E-state index contributed by atoms with van der Waals surface area (Å²) < 4.78 is 2.43. The molecule has 0 spiro atoms. The molecule has 0 unspecified atom stereocenters. The number of rotatable bonds is 1. The zero-order valence-corrected chi connectivity index (χ0v) is 12.0. The largest absolute Gasteiger partial charge is 0.248 e. The predicted octanol–water partition coefficient (Wildman–Crippen LogP) is 4.49. The minimum Gasteiger partial charge on any atom is -0.248 e. The summed E-state index contributed by atoms with van der Waals surface area (Å²) in [5, 5.41) is 6.64. The molecule has 3 rings (SSSR count). The van der Waals surface area contributed by atoms with Crippen molar-refractivity contribution in [3.8, 4) is 5.69 Å². The van der Waals surface area contributed by atoms with Crippen LogP contribution in [-0.2, 0) is 0 Å². The normalized spacial score (nSPS) is 11.1. The van der Waals surface area contributed by atoms with Gasteiger partial charge in [-0.25, -0.2) is 9.67 Å². The van der Waals surface area contributed by atoms with Gasteiger partial charge in [-0.3, -0.25) is 0 Å². The first-order chi connectivity index (χ1) is 8.63. The Hall–Kier alpha value is -1.10. The van der Waals surface area contributed by atoms with Crippen LogP contribution in [0.25, 0.3) is 16.6 Å². The molecule has 0 atom stereocenters. The van der Waals surface area contributed by atoms with Crippen molar-refractivity contribution in [2.24, 2.45) is 0 Å². The Morgan fingerprint density at radius 1 is 1.17 bits per heavy atom. The molecule has 6 heteroatoms.